The van der Waals surface area contributed by atoms with E-state index in [-0.39, 0.29) is 0 Å². The van der Waals surface area contributed by atoms with E-state index in [1.807, 2.05) is 0 Å². The molecule has 0 saturated carbocycles. The Hall–Kier alpha value is -0.760. The van der Waals surface area contributed by atoms with Crippen LogP contribution < -0.4 is 5.73 Å². The number of halogens is 1. The van der Waals surface area contributed by atoms with Gasteiger partial charge in [0.1, 0.15) is 0 Å². The zero-order chi connectivity index (χ0) is 10.8. The molecule has 1 aliphatic carbocycles. The largest absolute Gasteiger partial charge is 0.398 e. The molecule has 0 aromatic heterocycles. The molecule has 0 radical (unpaired) electrons. The first-order chi connectivity index (χ1) is 7.18. The lowest BCUT2D eigenvalue weighted by molar-refractivity contribution is 0.742. The molecule has 2 rings (SSSR count). The van der Waals surface area contributed by atoms with E-state index < -0.39 is 0 Å². The molecule has 0 saturated heterocycles. The molecule has 2 N–H and O–H groups in total. The lowest BCUT2D eigenvalue weighted by Crippen LogP contribution is -1.99. The van der Waals surface area contributed by atoms with Crippen LogP contribution in [0.4, 0.5) is 5.69 Å². The lowest BCUT2D eigenvalue weighted by Gasteiger charge is -2.16. The first-order valence-electron chi connectivity index (χ1n) is 5.43. The van der Waals surface area contributed by atoms with E-state index in [9.17, 15) is 0 Å². The average molecular weight is 266 g/mol. The van der Waals surface area contributed by atoms with Gasteiger partial charge in [0.25, 0.3) is 0 Å². The fraction of sp³-hybridized carbons (Fsp3) is 0.385. The van der Waals surface area contributed by atoms with Gasteiger partial charge in [-0.1, -0.05) is 22.0 Å². The average Bonchev–Trinajstić information content (AvgIpc) is 2.24. The third-order valence-corrected chi connectivity index (χ3v) is 3.45. The van der Waals surface area contributed by atoms with Gasteiger partial charge in [-0.3, -0.25) is 0 Å². The quantitative estimate of drug-likeness (QED) is 0.753. The molecule has 0 atom stereocenters. The van der Waals surface area contributed by atoms with Crippen molar-refractivity contribution in [3.63, 3.8) is 0 Å². The van der Waals surface area contributed by atoms with Crippen molar-refractivity contribution in [2.45, 2.75) is 32.6 Å². The van der Waals surface area contributed by atoms with Crippen LogP contribution in [0.2, 0.25) is 0 Å². The summed E-state index contributed by atoms with van der Waals surface area (Å²) >= 11 is 3.53. The van der Waals surface area contributed by atoms with Crippen LogP contribution in [0.15, 0.2) is 22.7 Å². The van der Waals surface area contributed by atoms with Crippen LogP contribution in [0.25, 0.3) is 5.57 Å². The summed E-state index contributed by atoms with van der Waals surface area (Å²) < 4.78 is 1.12. The second-order valence-electron chi connectivity index (χ2n) is 4.16. The van der Waals surface area contributed by atoms with Gasteiger partial charge in [-0.2, -0.15) is 0 Å². The van der Waals surface area contributed by atoms with Crippen LogP contribution in [-0.2, 0) is 0 Å². The minimum absolute atomic E-state index is 0.936. The van der Waals surface area contributed by atoms with Crippen LogP contribution in [0.5, 0.6) is 0 Å². The van der Waals surface area contributed by atoms with Crippen molar-refractivity contribution in [3.05, 3.63) is 33.8 Å². The van der Waals surface area contributed by atoms with E-state index in [4.69, 9.17) is 5.73 Å². The van der Waals surface area contributed by atoms with Crippen LogP contribution in [-0.4, -0.2) is 0 Å². The molecule has 0 heterocycles. The van der Waals surface area contributed by atoms with Gasteiger partial charge in [-0.15, -0.1) is 0 Å². The van der Waals surface area contributed by atoms with Crippen molar-refractivity contribution >= 4 is 27.2 Å². The molecule has 0 fully saturated rings. The molecule has 1 aromatic carbocycles. The van der Waals surface area contributed by atoms with Gasteiger partial charge in [0.2, 0.25) is 0 Å². The lowest BCUT2D eigenvalue weighted by atomic mass is 9.92. The summed E-state index contributed by atoms with van der Waals surface area (Å²) in [6.45, 7) is 2.06. The number of anilines is 1. The maximum absolute atomic E-state index is 6.12. The summed E-state index contributed by atoms with van der Waals surface area (Å²) in [4.78, 5) is 0. The Morgan fingerprint density at radius 3 is 2.73 bits per heavy atom. The molecule has 0 bridgehead atoms. The summed E-state index contributed by atoms with van der Waals surface area (Å²) in [6, 6.07) is 4.21. The van der Waals surface area contributed by atoms with Crippen molar-refractivity contribution in [3.8, 4) is 0 Å². The summed E-state index contributed by atoms with van der Waals surface area (Å²) in [6.07, 6.45) is 7.30. The summed E-state index contributed by atoms with van der Waals surface area (Å²) in [5.41, 5.74) is 10.9. The SMILES string of the molecule is Cc1cc(Br)cc(C2=CCCCC2)c1N. The molecule has 0 spiro atoms. The Bertz CT molecular complexity index is 407. The molecular weight excluding hydrogens is 250 g/mol. The van der Waals surface area contributed by atoms with Gasteiger partial charge in [0.15, 0.2) is 0 Å². The van der Waals surface area contributed by atoms with Crippen molar-refractivity contribution in [2.75, 3.05) is 5.73 Å². The molecule has 1 nitrogen and oxygen atoms in total. The Kier molecular flexibility index (Phi) is 3.15. The fourth-order valence-electron chi connectivity index (χ4n) is 2.10. The number of nitrogen functional groups attached to an aromatic ring is 1. The van der Waals surface area contributed by atoms with Gasteiger partial charge in [-0.25, -0.2) is 0 Å². The zero-order valence-corrected chi connectivity index (χ0v) is 10.6. The highest BCUT2D eigenvalue weighted by molar-refractivity contribution is 9.10. The smallest absolute Gasteiger partial charge is 0.0420 e. The first kappa shape index (κ1) is 10.7. The third-order valence-electron chi connectivity index (χ3n) is 2.99. The van der Waals surface area contributed by atoms with E-state index in [0.717, 1.165) is 15.7 Å². The number of aryl methyl sites for hydroxylation is 1. The number of hydrogen-bond donors (Lipinski definition) is 1. The Morgan fingerprint density at radius 2 is 2.07 bits per heavy atom. The highest BCUT2D eigenvalue weighted by Gasteiger charge is 2.11. The maximum atomic E-state index is 6.12. The predicted octanol–water partition coefficient (Wildman–Crippen LogP) is 4.30. The normalized spacial score (nSPS) is 16.3. The molecule has 15 heavy (non-hydrogen) atoms. The van der Waals surface area contributed by atoms with Gasteiger partial charge < -0.3 is 5.73 Å². The van der Waals surface area contributed by atoms with Crippen molar-refractivity contribution in [1.29, 1.82) is 0 Å². The molecule has 0 aliphatic heterocycles. The number of hydrogen-bond acceptors (Lipinski definition) is 1. The molecule has 0 amide bonds. The Morgan fingerprint density at radius 1 is 1.27 bits per heavy atom. The second kappa shape index (κ2) is 4.40. The van der Waals surface area contributed by atoms with E-state index in [2.05, 4.69) is 41.1 Å². The van der Waals surface area contributed by atoms with Crippen molar-refractivity contribution < 1.29 is 0 Å². The fourth-order valence-corrected chi connectivity index (χ4v) is 2.68. The molecule has 0 unspecified atom stereocenters. The molecule has 1 aliphatic rings. The van der Waals surface area contributed by atoms with Crippen LogP contribution in [0.1, 0.15) is 36.8 Å². The van der Waals surface area contributed by atoms with Crippen LogP contribution in [0, 0.1) is 6.92 Å². The molecular formula is C13H16BrN. The van der Waals surface area contributed by atoms with Gasteiger partial charge in [-0.05, 0) is 55.9 Å². The van der Waals surface area contributed by atoms with Gasteiger partial charge in [0, 0.05) is 15.7 Å². The highest BCUT2D eigenvalue weighted by atomic mass is 79.9. The Labute approximate surface area is 99.5 Å². The van der Waals surface area contributed by atoms with Gasteiger partial charge >= 0.3 is 0 Å². The van der Waals surface area contributed by atoms with E-state index >= 15 is 0 Å². The maximum Gasteiger partial charge on any atom is 0.0420 e. The summed E-state index contributed by atoms with van der Waals surface area (Å²) in [7, 11) is 0. The van der Waals surface area contributed by atoms with E-state index in [0.29, 0.717) is 0 Å². The standard InChI is InChI=1S/C13H16BrN/c1-9-7-11(14)8-12(13(9)15)10-5-3-2-4-6-10/h5,7-8H,2-4,6,15H2,1H3. The van der Waals surface area contributed by atoms with Gasteiger partial charge in [0.05, 0.1) is 0 Å². The minimum atomic E-state index is 0.936. The zero-order valence-electron chi connectivity index (χ0n) is 9.02. The summed E-state index contributed by atoms with van der Waals surface area (Å²) in [5, 5.41) is 0. The van der Waals surface area contributed by atoms with E-state index in [1.165, 1.54) is 36.8 Å². The number of benzene rings is 1. The number of rotatable bonds is 1. The van der Waals surface area contributed by atoms with Crippen molar-refractivity contribution in [2.24, 2.45) is 0 Å². The number of allylic oxidation sites excluding steroid dienone is 2. The molecule has 2 heteroatoms. The number of nitrogens with two attached hydrogens (primary N) is 1. The first-order valence-corrected chi connectivity index (χ1v) is 6.23. The van der Waals surface area contributed by atoms with Crippen LogP contribution in [0.3, 0.4) is 0 Å². The monoisotopic (exact) mass is 265 g/mol. The molecule has 80 valence electrons. The predicted molar refractivity (Wildman–Crippen MR) is 69.7 cm³/mol. The van der Waals surface area contributed by atoms with E-state index in [1.54, 1.807) is 0 Å². The second-order valence-corrected chi connectivity index (χ2v) is 5.07. The van der Waals surface area contributed by atoms with Crippen molar-refractivity contribution in [1.82, 2.24) is 0 Å². The minimum Gasteiger partial charge on any atom is -0.398 e. The highest BCUT2D eigenvalue weighted by Crippen LogP contribution is 2.33. The topological polar surface area (TPSA) is 26.0 Å². The van der Waals surface area contributed by atoms with Crippen LogP contribution >= 0.6 is 15.9 Å². The Balaban J connectivity index is 2.46. The summed E-state index contributed by atoms with van der Waals surface area (Å²) in [5.74, 6) is 0. The molecule has 1 aromatic rings. The third kappa shape index (κ3) is 2.25.